The third-order valence-corrected chi connectivity index (χ3v) is 3.38. The van der Waals surface area contributed by atoms with Gasteiger partial charge in [-0.05, 0) is 48.6 Å². The molecule has 2 aromatic rings. The zero-order valence-corrected chi connectivity index (χ0v) is 9.11. The number of rotatable bonds is 1. The van der Waals surface area contributed by atoms with Crippen LogP contribution in [0.1, 0.15) is 16.0 Å². The van der Waals surface area contributed by atoms with Crippen LogP contribution in [-0.4, -0.2) is 0 Å². The Morgan fingerprint density at radius 1 is 1.29 bits per heavy atom. The first kappa shape index (κ1) is 9.23. The highest BCUT2D eigenvalue weighted by atomic mass is 32.1. The summed E-state index contributed by atoms with van der Waals surface area (Å²) < 4.78 is 1.32. The molecule has 1 nitrogen and oxygen atoms in total. The van der Waals surface area contributed by atoms with Crippen molar-refractivity contribution in [2.75, 3.05) is 0 Å². The number of thiophene rings is 1. The summed E-state index contributed by atoms with van der Waals surface area (Å²) in [5.74, 6) is 0. The number of hydrogen-bond acceptors (Lipinski definition) is 2. The van der Waals surface area contributed by atoms with Gasteiger partial charge in [-0.1, -0.05) is 0 Å². The van der Waals surface area contributed by atoms with Crippen LogP contribution >= 0.6 is 11.3 Å². The smallest absolute Gasteiger partial charge is 0.0669 e. The van der Waals surface area contributed by atoms with E-state index in [1.807, 2.05) is 11.3 Å². The molecule has 0 saturated carbocycles. The average Bonchev–Trinajstić information content (AvgIpc) is 2.45. The standard InChI is InChI=1S/C12H11NS/c1-8-5-12-11(6-9(2)14-12)7-10(8)3-4-13/h5-7H,3H2,1-2H3. The lowest BCUT2D eigenvalue weighted by atomic mass is 10.0. The molecule has 2 heteroatoms. The first-order chi connectivity index (χ1) is 6.70. The lowest BCUT2D eigenvalue weighted by Gasteiger charge is -2.00. The lowest BCUT2D eigenvalue weighted by molar-refractivity contribution is 1.23. The van der Waals surface area contributed by atoms with Gasteiger partial charge < -0.3 is 0 Å². The molecule has 0 spiro atoms. The monoisotopic (exact) mass is 201 g/mol. The molecule has 1 heterocycles. The molecule has 0 aliphatic heterocycles. The van der Waals surface area contributed by atoms with Gasteiger partial charge >= 0.3 is 0 Å². The van der Waals surface area contributed by atoms with Crippen LogP contribution in [0.5, 0.6) is 0 Å². The molecule has 0 saturated heterocycles. The highest BCUT2D eigenvalue weighted by molar-refractivity contribution is 7.19. The molecule has 0 fully saturated rings. The van der Waals surface area contributed by atoms with Gasteiger partial charge in [-0.3, -0.25) is 0 Å². The maximum Gasteiger partial charge on any atom is 0.0669 e. The Labute approximate surface area is 87.6 Å². The molecule has 70 valence electrons. The number of benzene rings is 1. The van der Waals surface area contributed by atoms with Crippen LogP contribution < -0.4 is 0 Å². The topological polar surface area (TPSA) is 23.8 Å². The molecule has 0 N–H and O–H groups in total. The summed E-state index contributed by atoms with van der Waals surface area (Å²) in [7, 11) is 0. The van der Waals surface area contributed by atoms with Crippen molar-refractivity contribution in [1.82, 2.24) is 0 Å². The van der Waals surface area contributed by atoms with Crippen molar-refractivity contribution in [1.29, 1.82) is 5.26 Å². The van der Waals surface area contributed by atoms with Gasteiger partial charge in [-0.15, -0.1) is 11.3 Å². The van der Waals surface area contributed by atoms with E-state index in [1.165, 1.54) is 20.5 Å². The van der Waals surface area contributed by atoms with Crippen LogP contribution in [0.4, 0.5) is 0 Å². The van der Waals surface area contributed by atoms with Crippen molar-refractivity contribution in [3.8, 4) is 6.07 Å². The van der Waals surface area contributed by atoms with Gasteiger partial charge in [-0.2, -0.15) is 5.26 Å². The quantitative estimate of drug-likeness (QED) is 0.691. The first-order valence-electron chi connectivity index (χ1n) is 4.57. The Morgan fingerprint density at radius 3 is 2.79 bits per heavy atom. The second kappa shape index (κ2) is 3.43. The van der Waals surface area contributed by atoms with Crippen LogP contribution in [0.15, 0.2) is 18.2 Å². The molecule has 2 rings (SSSR count). The molecule has 0 amide bonds. The van der Waals surface area contributed by atoms with Crippen molar-refractivity contribution in [2.45, 2.75) is 20.3 Å². The summed E-state index contributed by atoms with van der Waals surface area (Å²) in [4.78, 5) is 1.33. The van der Waals surface area contributed by atoms with Crippen LogP contribution in [0.3, 0.4) is 0 Å². The number of nitrogens with zero attached hydrogens (tertiary/aromatic N) is 1. The summed E-state index contributed by atoms with van der Waals surface area (Å²) in [5.41, 5.74) is 2.37. The molecule has 14 heavy (non-hydrogen) atoms. The fraction of sp³-hybridized carbons (Fsp3) is 0.250. The molecular formula is C12H11NS. The first-order valence-corrected chi connectivity index (χ1v) is 5.39. The Balaban J connectivity index is 2.65. The Kier molecular flexibility index (Phi) is 2.26. The van der Waals surface area contributed by atoms with Crippen molar-refractivity contribution < 1.29 is 0 Å². The van der Waals surface area contributed by atoms with Gasteiger partial charge in [0.25, 0.3) is 0 Å². The Morgan fingerprint density at radius 2 is 2.07 bits per heavy atom. The second-order valence-corrected chi connectivity index (χ2v) is 4.80. The number of fused-ring (bicyclic) bond motifs is 1. The van der Waals surface area contributed by atoms with Crippen molar-refractivity contribution >= 4 is 21.4 Å². The summed E-state index contributed by atoms with van der Waals surface area (Å²) in [6.45, 7) is 4.19. The minimum Gasteiger partial charge on any atom is -0.198 e. The molecular weight excluding hydrogens is 190 g/mol. The zero-order valence-electron chi connectivity index (χ0n) is 8.29. The van der Waals surface area contributed by atoms with E-state index in [2.05, 4.69) is 38.1 Å². The van der Waals surface area contributed by atoms with Crippen LogP contribution in [0.25, 0.3) is 10.1 Å². The second-order valence-electron chi connectivity index (χ2n) is 3.51. The maximum absolute atomic E-state index is 8.67. The van der Waals surface area contributed by atoms with Crippen molar-refractivity contribution in [2.24, 2.45) is 0 Å². The molecule has 0 atom stereocenters. The highest BCUT2D eigenvalue weighted by Crippen LogP contribution is 2.27. The fourth-order valence-electron chi connectivity index (χ4n) is 1.64. The number of hydrogen-bond donors (Lipinski definition) is 0. The maximum atomic E-state index is 8.67. The third-order valence-electron chi connectivity index (χ3n) is 2.37. The normalized spacial score (nSPS) is 10.4. The van der Waals surface area contributed by atoms with E-state index in [0.29, 0.717) is 6.42 Å². The molecule has 0 aliphatic rings. The van der Waals surface area contributed by atoms with E-state index >= 15 is 0 Å². The molecule has 1 aromatic heterocycles. The average molecular weight is 201 g/mol. The SMILES string of the molecule is Cc1cc2cc(CC#N)c(C)cc2s1. The Hall–Kier alpha value is -1.33. The fourth-order valence-corrected chi connectivity index (χ4v) is 2.65. The van der Waals surface area contributed by atoms with Gasteiger partial charge in [0.2, 0.25) is 0 Å². The lowest BCUT2D eigenvalue weighted by Crippen LogP contribution is -1.85. The predicted molar refractivity (Wildman–Crippen MR) is 60.6 cm³/mol. The summed E-state index contributed by atoms with van der Waals surface area (Å²) in [5, 5.41) is 9.94. The highest BCUT2D eigenvalue weighted by Gasteiger charge is 2.03. The predicted octanol–water partition coefficient (Wildman–Crippen LogP) is 3.58. The molecule has 0 unspecified atom stereocenters. The number of nitriles is 1. The van der Waals surface area contributed by atoms with E-state index < -0.39 is 0 Å². The van der Waals surface area contributed by atoms with E-state index in [-0.39, 0.29) is 0 Å². The molecule has 1 aromatic carbocycles. The van der Waals surface area contributed by atoms with E-state index in [9.17, 15) is 0 Å². The van der Waals surface area contributed by atoms with Gasteiger partial charge in [0.15, 0.2) is 0 Å². The van der Waals surface area contributed by atoms with Crippen molar-refractivity contribution in [3.63, 3.8) is 0 Å². The van der Waals surface area contributed by atoms with Gasteiger partial charge in [-0.25, -0.2) is 0 Å². The molecule has 0 aliphatic carbocycles. The zero-order chi connectivity index (χ0) is 10.1. The molecule has 0 bridgehead atoms. The minimum atomic E-state index is 0.511. The van der Waals surface area contributed by atoms with Gasteiger partial charge in [0.05, 0.1) is 12.5 Å². The van der Waals surface area contributed by atoms with Crippen LogP contribution in [0.2, 0.25) is 0 Å². The third kappa shape index (κ3) is 1.51. The van der Waals surface area contributed by atoms with Gasteiger partial charge in [0, 0.05) is 9.58 Å². The van der Waals surface area contributed by atoms with Crippen LogP contribution in [0, 0.1) is 25.2 Å². The van der Waals surface area contributed by atoms with Gasteiger partial charge in [0.1, 0.15) is 0 Å². The van der Waals surface area contributed by atoms with Crippen molar-refractivity contribution in [3.05, 3.63) is 34.2 Å². The van der Waals surface area contributed by atoms with E-state index in [4.69, 9.17) is 5.26 Å². The largest absolute Gasteiger partial charge is 0.198 e. The molecule has 0 radical (unpaired) electrons. The summed E-state index contributed by atoms with van der Waals surface area (Å²) in [6.07, 6.45) is 0.511. The Bertz CT molecular complexity index is 517. The van der Waals surface area contributed by atoms with E-state index in [1.54, 1.807) is 0 Å². The van der Waals surface area contributed by atoms with E-state index in [0.717, 1.165) is 5.56 Å². The number of aryl methyl sites for hydroxylation is 2. The summed E-state index contributed by atoms with van der Waals surface area (Å²) >= 11 is 1.81. The minimum absolute atomic E-state index is 0.511. The summed E-state index contributed by atoms with van der Waals surface area (Å²) in [6, 6.07) is 8.70. The van der Waals surface area contributed by atoms with Crippen LogP contribution in [-0.2, 0) is 6.42 Å².